The van der Waals surface area contributed by atoms with Crippen LogP contribution in [0.4, 0.5) is 0 Å². The zero-order valence-corrected chi connectivity index (χ0v) is 15.2. The number of esters is 1. The van der Waals surface area contributed by atoms with Crippen LogP contribution in [0.1, 0.15) is 30.4 Å². The summed E-state index contributed by atoms with van der Waals surface area (Å²) >= 11 is 0. The molecule has 0 aliphatic carbocycles. The number of methoxy groups -OCH3 is 1. The summed E-state index contributed by atoms with van der Waals surface area (Å²) in [5.41, 5.74) is 2.79. The third kappa shape index (κ3) is 6.15. The first-order valence-electron chi connectivity index (χ1n) is 8.03. The fraction of sp³-hybridized carbons (Fsp3) is 0.263. The van der Waals surface area contributed by atoms with E-state index in [2.05, 4.69) is 14.7 Å². The van der Waals surface area contributed by atoms with Gasteiger partial charge in [-0.05, 0) is 37.5 Å². The van der Waals surface area contributed by atoms with Crippen molar-refractivity contribution >= 4 is 22.7 Å². The minimum atomic E-state index is -1.43. The molecule has 1 N–H and O–H groups in total. The van der Waals surface area contributed by atoms with Gasteiger partial charge in [-0.3, -0.25) is 4.79 Å². The zero-order valence-electron chi connectivity index (χ0n) is 14.4. The smallest absolute Gasteiger partial charge is 0.305 e. The molecule has 132 valence electrons. The lowest BCUT2D eigenvalue weighted by atomic mass is 10.0. The summed E-state index contributed by atoms with van der Waals surface area (Å²) in [4.78, 5) is 14.7. The first-order valence-corrected chi connectivity index (χ1v) is 9.18. The molecule has 2 aromatic carbocycles. The van der Waals surface area contributed by atoms with Crippen LogP contribution in [0.25, 0.3) is 0 Å². The van der Waals surface area contributed by atoms with Gasteiger partial charge in [0.05, 0.1) is 17.7 Å². The number of carbonyl (C=O) groups excluding carboxylic acids is 1. The third-order valence-electron chi connectivity index (χ3n) is 3.63. The lowest BCUT2D eigenvalue weighted by Gasteiger charge is -2.08. The van der Waals surface area contributed by atoms with Gasteiger partial charge in [0.25, 0.3) is 0 Å². The first kappa shape index (κ1) is 18.9. The molecular formula is C19H22N2O3S. The van der Waals surface area contributed by atoms with Crippen molar-refractivity contribution in [2.45, 2.75) is 31.1 Å². The van der Waals surface area contributed by atoms with E-state index >= 15 is 0 Å². The van der Waals surface area contributed by atoms with E-state index in [-0.39, 0.29) is 5.97 Å². The molecule has 0 radical (unpaired) electrons. The molecule has 0 heterocycles. The van der Waals surface area contributed by atoms with Crippen LogP contribution in [0.5, 0.6) is 0 Å². The second-order valence-corrected chi connectivity index (χ2v) is 6.72. The van der Waals surface area contributed by atoms with Crippen molar-refractivity contribution in [1.29, 1.82) is 0 Å². The lowest BCUT2D eigenvalue weighted by molar-refractivity contribution is -0.140. The summed E-state index contributed by atoms with van der Waals surface area (Å²) in [6.07, 6.45) is 1.51. The Kier molecular flexibility index (Phi) is 7.35. The highest BCUT2D eigenvalue weighted by molar-refractivity contribution is 7.83. The molecule has 1 unspecified atom stereocenters. The summed E-state index contributed by atoms with van der Waals surface area (Å²) in [6.45, 7) is 1.98. The minimum absolute atomic E-state index is 0.247. The Morgan fingerprint density at radius 1 is 1.08 bits per heavy atom. The molecule has 2 rings (SSSR count). The Labute approximate surface area is 150 Å². The molecule has 0 fully saturated rings. The van der Waals surface area contributed by atoms with E-state index in [0.717, 1.165) is 16.8 Å². The van der Waals surface area contributed by atoms with Gasteiger partial charge in [-0.2, -0.15) is 5.10 Å². The summed E-state index contributed by atoms with van der Waals surface area (Å²) in [5.74, 6) is -0.247. The number of hydrogen-bond acceptors (Lipinski definition) is 4. The SMILES string of the molecule is COC(=O)CCC/C(=N\NS(=O)c1ccc(C)cc1)c1ccccc1. The number of rotatable bonds is 8. The second-order valence-electron chi connectivity index (χ2n) is 5.53. The van der Waals surface area contributed by atoms with E-state index in [0.29, 0.717) is 24.2 Å². The van der Waals surface area contributed by atoms with Crippen LogP contribution in [-0.4, -0.2) is 23.0 Å². The van der Waals surface area contributed by atoms with Gasteiger partial charge in [0.2, 0.25) is 0 Å². The van der Waals surface area contributed by atoms with Gasteiger partial charge < -0.3 is 4.74 Å². The van der Waals surface area contributed by atoms with Gasteiger partial charge in [0.15, 0.2) is 11.0 Å². The Morgan fingerprint density at radius 3 is 2.40 bits per heavy atom. The average molecular weight is 358 g/mol. The van der Waals surface area contributed by atoms with Crippen molar-refractivity contribution in [2.75, 3.05) is 7.11 Å². The van der Waals surface area contributed by atoms with Crippen molar-refractivity contribution in [3.8, 4) is 0 Å². The molecule has 5 nitrogen and oxygen atoms in total. The quantitative estimate of drug-likeness (QED) is 0.447. The van der Waals surface area contributed by atoms with Gasteiger partial charge >= 0.3 is 5.97 Å². The van der Waals surface area contributed by atoms with E-state index in [1.165, 1.54) is 7.11 Å². The molecule has 1 atom stereocenters. The zero-order chi connectivity index (χ0) is 18.1. The van der Waals surface area contributed by atoms with Crippen LogP contribution >= 0.6 is 0 Å². The Hall–Kier alpha value is -2.47. The molecule has 0 aliphatic heterocycles. The fourth-order valence-electron chi connectivity index (χ4n) is 2.21. The summed E-state index contributed by atoms with van der Waals surface area (Å²) in [7, 11) is -0.0553. The van der Waals surface area contributed by atoms with Gasteiger partial charge in [-0.15, -0.1) is 0 Å². The van der Waals surface area contributed by atoms with Crippen molar-refractivity contribution < 1.29 is 13.7 Å². The first-order chi connectivity index (χ1) is 12.1. The predicted octanol–water partition coefficient (Wildman–Crippen LogP) is 3.35. The van der Waals surface area contributed by atoms with Crippen molar-refractivity contribution in [1.82, 2.24) is 4.83 Å². The molecule has 25 heavy (non-hydrogen) atoms. The Morgan fingerprint density at radius 2 is 1.76 bits per heavy atom. The maximum Gasteiger partial charge on any atom is 0.305 e. The molecular weight excluding hydrogens is 336 g/mol. The normalized spacial score (nSPS) is 12.5. The van der Waals surface area contributed by atoms with Crippen LogP contribution in [0.2, 0.25) is 0 Å². The minimum Gasteiger partial charge on any atom is -0.469 e. The van der Waals surface area contributed by atoms with Crippen molar-refractivity contribution in [2.24, 2.45) is 5.10 Å². The number of nitrogens with one attached hydrogen (secondary N) is 1. The van der Waals surface area contributed by atoms with Crippen molar-refractivity contribution in [3.63, 3.8) is 0 Å². The number of carbonyl (C=O) groups is 1. The summed E-state index contributed by atoms with van der Waals surface area (Å²) in [5, 5.41) is 4.33. The van der Waals surface area contributed by atoms with Crippen LogP contribution in [0, 0.1) is 6.92 Å². The maximum atomic E-state index is 12.3. The number of ether oxygens (including phenoxy) is 1. The Balaban J connectivity index is 2.08. The lowest BCUT2D eigenvalue weighted by Crippen LogP contribution is -2.15. The number of hydrogen-bond donors (Lipinski definition) is 1. The van der Waals surface area contributed by atoms with Gasteiger partial charge in [0, 0.05) is 6.42 Å². The predicted molar refractivity (Wildman–Crippen MR) is 99.6 cm³/mol. The van der Waals surface area contributed by atoms with Crippen LogP contribution in [0.15, 0.2) is 64.6 Å². The van der Waals surface area contributed by atoms with E-state index in [4.69, 9.17) is 0 Å². The molecule has 6 heteroatoms. The maximum absolute atomic E-state index is 12.3. The van der Waals surface area contributed by atoms with Gasteiger partial charge in [-0.25, -0.2) is 9.04 Å². The van der Waals surface area contributed by atoms with E-state index in [9.17, 15) is 9.00 Å². The molecule has 0 amide bonds. The molecule has 0 aromatic heterocycles. The molecule has 0 bridgehead atoms. The Bertz CT molecular complexity index is 743. The van der Waals surface area contributed by atoms with Crippen LogP contribution in [-0.2, 0) is 20.5 Å². The largest absolute Gasteiger partial charge is 0.469 e. The fourth-order valence-corrected chi connectivity index (χ4v) is 2.89. The highest BCUT2D eigenvalue weighted by atomic mass is 32.2. The molecule has 0 spiro atoms. The number of aryl methyl sites for hydroxylation is 1. The van der Waals surface area contributed by atoms with Crippen LogP contribution in [0.3, 0.4) is 0 Å². The number of benzene rings is 2. The van der Waals surface area contributed by atoms with E-state index < -0.39 is 11.0 Å². The third-order valence-corrected chi connectivity index (χ3v) is 4.59. The van der Waals surface area contributed by atoms with Gasteiger partial charge in [0.1, 0.15) is 0 Å². The highest BCUT2D eigenvalue weighted by Crippen LogP contribution is 2.10. The highest BCUT2D eigenvalue weighted by Gasteiger charge is 2.08. The standard InChI is InChI=1S/C19H22N2O3S/c1-15-11-13-17(14-12-15)25(23)21-20-18(9-6-10-19(22)24-2)16-7-4-3-5-8-16/h3-5,7-8,11-14,21H,6,9-10H2,1-2H3/b20-18+. The molecule has 0 saturated heterocycles. The van der Waals surface area contributed by atoms with Gasteiger partial charge in [-0.1, -0.05) is 48.0 Å². The molecule has 0 saturated carbocycles. The van der Waals surface area contributed by atoms with Crippen molar-refractivity contribution in [3.05, 3.63) is 65.7 Å². The summed E-state index contributed by atoms with van der Waals surface area (Å²) < 4.78 is 17.0. The molecule has 2 aromatic rings. The topological polar surface area (TPSA) is 67.8 Å². The monoisotopic (exact) mass is 358 g/mol. The average Bonchev–Trinajstić information content (AvgIpc) is 2.65. The van der Waals surface area contributed by atoms with E-state index in [1.807, 2.05) is 61.5 Å². The summed E-state index contributed by atoms with van der Waals surface area (Å²) in [6, 6.07) is 17.1. The molecule has 0 aliphatic rings. The van der Waals surface area contributed by atoms with E-state index in [1.54, 1.807) is 0 Å². The number of hydrazone groups is 1. The number of nitrogens with zero attached hydrogens (tertiary/aromatic N) is 1. The van der Waals surface area contributed by atoms with Crippen LogP contribution < -0.4 is 4.83 Å². The second kappa shape index (κ2) is 9.74.